The van der Waals surface area contributed by atoms with E-state index in [0.717, 1.165) is 24.3 Å². The Kier molecular flexibility index (Phi) is 9.83. The van der Waals surface area contributed by atoms with Crippen molar-refractivity contribution in [2.45, 2.75) is 52.5 Å². The number of halogens is 1. The van der Waals surface area contributed by atoms with Gasteiger partial charge < -0.3 is 20.5 Å². The molecule has 0 aliphatic rings. The van der Waals surface area contributed by atoms with E-state index in [1.54, 1.807) is 12.1 Å². The molecule has 3 N–H and O–H groups in total. The van der Waals surface area contributed by atoms with Crippen molar-refractivity contribution in [3.63, 3.8) is 0 Å². The highest BCUT2D eigenvalue weighted by molar-refractivity contribution is 5.80. The van der Waals surface area contributed by atoms with Crippen LogP contribution >= 0.6 is 0 Å². The van der Waals surface area contributed by atoms with E-state index in [9.17, 15) is 9.18 Å². The van der Waals surface area contributed by atoms with Gasteiger partial charge in [0.1, 0.15) is 12.4 Å². The molecule has 164 valence electrons. The Bertz CT molecular complexity index is 817. The van der Waals surface area contributed by atoms with Crippen molar-refractivity contribution < 1.29 is 13.7 Å². The number of carbonyl (C=O) groups is 1. The van der Waals surface area contributed by atoms with E-state index >= 15 is 0 Å². The van der Waals surface area contributed by atoms with Gasteiger partial charge in [-0.25, -0.2) is 9.38 Å². The van der Waals surface area contributed by atoms with Gasteiger partial charge in [0.25, 0.3) is 0 Å². The molecule has 0 radical (unpaired) electrons. The molecule has 0 atom stereocenters. The molecule has 1 heterocycles. The molecule has 2 aromatic rings. The summed E-state index contributed by atoms with van der Waals surface area (Å²) < 4.78 is 18.6. The first-order chi connectivity index (χ1) is 14.5. The number of guanidine groups is 1. The van der Waals surface area contributed by atoms with Crippen molar-refractivity contribution in [3.05, 3.63) is 53.2 Å². The van der Waals surface area contributed by atoms with Crippen LogP contribution in [0, 0.1) is 5.82 Å². The van der Waals surface area contributed by atoms with Crippen LogP contribution in [-0.2, 0) is 17.8 Å². The number of carbonyl (C=O) groups excluding carboxylic acids is 1. The minimum Gasteiger partial charge on any atom is -0.359 e. The molecule has 1 aromatic carbocycles. The van der Waals surface area contributed by atoms with E-state index in [2.05, 4.69) is 39.9 Å². The molecule has 0 aliphatic carbocycles. The summed E-state index contributed by atoms with van der Waals surface area (Å²) in [5.41, 5.74) is 1.62. The number of nitrogens with zero attached hydrogens (tertiary/aromatic N) is 2. The zero-order valence-electron chi connectivity index (χ0n) is 18.0. The molecule has 0 spiro atoms. The molecule has 2 rings (SSSR count). The summed E-state index contributed by atoms with van der Waals surface area (Å²) in [6.07, 6.45) is 2.21. The van der Waals surface area contributed by atoms with Gasteiger partial charge in [-0.15, -0.1) is 0 Å². The molecule has 1 amide bonds. The maximum atomic E-state index is 13.2. The van der Waals surface area contributed by atoms with Gasteiger partial charge in [0, 0.05) is 31.6 Å². The maximum absolute atomic E-state index is 13.2. The third kappa shape index (κ3) is 7.85. The van der Waals surface area contributed by atoms with Gasteiger partial charge in [-0.3, -0.25) is 4.79 Å². The Morgan fingerprint density at radius 2 is 1.90 bits per heavy atom. The monoisotopic (exact) mass is 417 g/mol. The minimum absolute atomic E-state index is 0.149. The number of nitrogens with one attached hydrogen (secondary N) is 3. The quantitative estimate of drug-likeness (QED) is 0.297. The molecule has 0 fully saturated rings. The highest BCUT2D eigenvalue weighted by Crippen LogP contribution is 2.22. The van der Waals surface area contributed by atoms with E-state index in [0.29, 0.717) is 43.6 Å². The molecule has 0 aliphatic heterocycles. The van der Waals surface area contributed by atoms with E-state index in [-0.39, 0.29) is 18.1 Å². The summed E-state index contributed by atoms with van der Waals surface area (Å²) in [6.45, 7) is 8.31. The van der Waals surface area contributed by atoms with Crippen molar-refractivity contribution in [3.8, 4) is 0 Å². The van der Waals surface area contributed by atoms with E-state index < -0.39 is 0 Å². The second kappa shape index (κ2) is 12.6. The standard InChI is InChI=1S/C22H32FN5O2/c1-4-17(5-2)20-14-19(30-28-20)15-27-22(24-6-3)26-11-10-25-21(29)13-16-8-7-9-18(23)12-16/h7-9,12,14,17H,4-6,10-11,13,15H2,1-3H3,(H,25,29)(H2,24,26,27). The smallest absolute Gasteiger partial charge is 0.224 e. The zero-order valence-corrected chi connectivity index (χ0v) is 18.0. The van der Waals surface area contributed by atoms with Gasteiger partial charge in [0.05, 0.1) is 12.1 Å². The average molecular weight is 418 g/mol. The highest BCUT2D eigenvalue weighted by atomic mass is 19.1. The fraction of sp³-hybridized carbons (Fsp3) is 0.500. The summed E-state index contributed by atoms with van der Waals surface area (Å²) in [5.74, 6) is 1.27. The first kappa shape index (κ1) is 23.4. The van der Waals surface area contributed by atoms with Crippen LogP contribution in [0.3, 0.4) is 0 Å². The predicted molar refractivity (Wildman–Crippen MR) is 116 cm³/mol. The Morgan fingerprint density at radius 3 is 2.60 bits per heavy atom. The number of amides is 1. The summed E-state index contributed by atoms with van der Waals surface area (Å²) in [7, 11) is 0. The van der Waals surface area contributed by atoms with Gasteiger partial charge in [0.2, 0.25) is 5.91 Å². The van der Waals surface area contributed by atoms with Crippen LogP contribution < -0.4 is 16.0 Å². The van der Waals surface area contributed by atoms with Gasteiger partial charge in [-0.05, 0) is 37.5 Å². The molecular formula is C22H32FN5O2. The molecule has 0 saturated heterocycles. The van der Waals surface area contributed by atoms with Crippen LogP contribution in [-0.4, -0.2) is 36.7 Å². The molecule has 1 aromatic heterocycles. The Balaban J connectivity index is 1.77. The van der Waals surface area contributed by atoms with E-state index in [1.807, 2.05) is 13.0 Å². The van der Waals surface area contributed by atoms with Gasteiger partial charge in [-0.1, -0.05) is 31.1 Å². The number of aromatic nitrogens is 1. The second-order valence-corrected chi connectivity index (χ2v) is 7.01. The van der Waals surface area contributed by atoms with Crippen molar-refractivity contribution in [1.82, 2.24) is 21.1 Å². The van der Waals surface area contributed by atoms with Crippen LogP contribution in [0.25, 0.3) is 0 Å². The average Bonchev–Trinajstić information content (AvgIpc) is 3.19. The van der Waals surface area contributed by atoms with Crippen molar-refractivity contribution in [2.75, 3.05) is 19.6 Å². The Morgan fingerprint density at radius 1 is 1.13 bits per heavy atom. The minimum atomic E-state index is -0.341. The van der Waals surface area contributed by atoms with E-state index in [1.165, 1.54) is 12.1 Å². The molecular weight excluding hydrogens is 385 g/mol. The lowest BCUT2D eigenvalue weighted by Gasteiger charge is -2.11. The summed E-state index contributed by atoms with van der Waals surface area (Å²) in [4.78, 5) is 16.5. The lowest BCUT2D eigenvalue weighted by molar-refractivity contribution is -0.120. The fourth-order valence-electron chi connectivity index (χ4n) is 3.08. The van der Waals surface area contributed by atoms with Crippen LogP contribution in [0.4, 0.5) is 4.39 Å². The number of aliphatic imine (C=N–C) groups is 1. The first-order valence-corrected chi connectivity index (χ1v) is 10.5. The van der Waals surface area contributed by atoms with Crippen molar-refractivity contribution in [2.24, 2.45) is 4.99 Å². The molecule has 0 bridgehead atoms. The van der Waals surface area contributed by atoms with Gasteiger partial charge in [0.15, 0.2) is 11.7 Å². The SMILES string of the molecule is CCNC(=NCc1cc(C(CC)CC)no1)NCCNC(=O)Cc1cccc(F)c1. The largest absolute Gasteiger partial charge is 0.359 e. The van der Waals surface area contributed by atoms with Crippen LogP contribution in [0.2, 0.25) is 0 Å². The number of hydrogen-bond donors (Lipinski definition) is 3. The molecule has 0 unspecified atom stereocenters. The highest BCUT2D eigenvalue weighted by Gasteiger charge is 2.12. The van der Waals surface area contributed by atoms with Crippen molar-refractivity contribution >= 4 is 11.9 Å². The van der Waals surface area contributed by atoms with Crippen LogP contribution in [0.15, 0.2) is 39.8 Å². The first-order valence-electron chi connectivity index (χ1n) is 10.5. The van der Waals surface area contributed by atoms with E-state index in [4.69, 9.17) is 4.52 Å². The van der Waals surface area contributed by atoms with Crippen LogP contribution in [0.1, 0.15) is 56.5 Å². The molecule has 8 heteroatoms. The van der Waals surface area contributed by atoms with Crippen LogP contribution in [0.5, 0.6) is 0 Å². The molecule has 0 saturated carbocycles. The number of benzene rings is 1. The lowest BCUT2D eigenvalue weighted by Crippen LogP contribution is -2.41. The lowest BCUT2D eigenvalue weighted by atomic mass is 9.99. The Hall–Kier alpha value is -2.90. The Labute approximate surface area is 177 Å². The number of hydrogen-bond acceptors (Lipinski definition) is 4. The maximum Gasteiger partial charge on any atom is 0.224 e. The van der Waals surface area contributed by atoms with Crippen molar-refractivity contribution in [1.29, 1.82) is 0 Å². The fourth-order valence-corrected chi connectivity index (χ4v) is 3.08. The summed E-state index contributed by atoms with van der Waals surface area (Å²) in [5, 5.41) is 13.3. The summed E-state index contributed by atoms with van der Waals surface area (Å²) in [6, 6.07) is 8.03. The predicted octanol–water partition coefficient (Wildman–Crippen LogP) is 3.13. The van der Waals surface area contributed by atoms with Gasteiger partial charge in [-0.2, -0.15) is 0 Å². The topological polar surface area (TPSA) is 91.6 Å². The molecule has 7 nitrogen and oxygen atoms in total. The third-order valence-electron chi connectivity index (χ3n) is 4.71. The zero-order chi connectivity index (χ0) is 21.8. The number of rotatable bonds is 11. The normalized spacial score (nSPS) is 11.6. The van der Waals surface area contributed by atoms with Gasteiger partial charge >= 0.3 is 0 Å². The summed E-state index contributed by atoms with van der Waals surface area (Å²) >= 11 is 0. The third-order valence-corrected chi connectivity index (χ3v) is 4.71. The second-order valence-electron chi connectivity index (χ2n) is 7.01. The molecule has 30 heavy (non-hydrogen) atoms.